The Kier molecular flexibility index (Phi) is 5.80. The van der Waals surface area contributed by atoms with Gasteiger partial charge in [0.15, 0.2) is 0 Å². The fraction of sp³-hybridized carbons (Fsp3) is 0.692. The van der Waals surface area contributed by atoms with Gasteiger partial charge in [-0.25, -0.2) is 0 Å². The number of nitrogens with one attached hydrogen (secondary N) is 1. The first-order valence-corrected chi connectivity index (χ1v) is 12.5. The van der Waals surface area contributed by atoms with Crippen molar-refractivity contribution in [2.24, 2.45) is 0 Å². The third-order valence-electron chi connectivity index (χ3n) is 8.28. The maximum Gasteiger partial charge on any atom is 0.247 e. The molecule has 5 heteroatoms. The summed E-state index contributed by atoms with van der Waals surface area (Å²) >= 11 is 0. The highest BCUT2D eigenvalue weighted by molar-refractivity contribution is 5.95. The average molecular weight is 424 g/mol. The van der Waals surface area contributed by atoms with Crippen molar-refractivity contribution in [1.82, 2.24) is 15.1 Å². The molecule has 1 aromatic rings. The van der Waals surface area contributed by atoms with Gasteiger partial charge in [0.05, 0.1) is 6.04 Å². The summed E-state index contributed by atoms with van der Waals surface area (Å²) in [7, 11) is 0. The fourth-order valence-corrected chi connectivity index (χ4v) is 6.55. The van der Waals surface area contributed by atoms with E-state index in [9.17, 15) is 9.59 Å². The van der Waals surface area contributed by atoms with E-state index in [0.29, 0.717) is 6.54 Å². The number of nitrogens with zero attached hydrogens (tertiary/aromatic N) is 2. The Morgan fingerprint density at radius 1 is 0.968 bits per heavy atom. The number of hydrogen-bond acceptors (Lipinski definition) is 3. The van der Waals surface area contributed by atoms with Gasteiger partial charge in [-0.15, -0.1) is 0 Å². The first-order valence-electron chi connectivity index (χ1n) is 12.5. The van der Waals surface area contributed by atoms with Crippen LogP contribution in [0.2, 0.25) is 0 Å². The van der Waals surface area contributed by atoms with Crippen molar-refractivity contribution in [2.45, 2.75) is 108 Å². The van der Waals surface area contributed by atoms with Crippen LogP contribution in [0.3, 0.4) is 0 Å². The van der Waals surface area contributed by atoms with E-state index in [2.05, 4.69) is 34.5 Å². The first-order chi connectivity index (χ1) is 15.1. The van der Waals surface area contributed by atoms with Gasteiger partial charge in [-0.3, -0.25) is 14.5 Å². The summed E-state index contributed by atoms with van der Waals surface area (Å²) in [5, 5.41) is 3.40. The molecule has 0 radical (unpaired) electrons. The zero-order valence-electron chi connectivity index (χ0n) is 18.9. The van der Waals surface area contributed by atoms with Crippen LogP contribution < -0.4 is 5.32 Å². The van der Waals surface area contributed by atoms with Crippen LogP contribution in [-0.2, 0) is 22.6 Å². The smallest absolute Gasteiger partial charge is 0.247 e. The minimum Gasteiger partial charge on any atom is -0.351 e. The summed E-state index contributed by atoms with van der Waals surface area (Å²) in [5.41, 5.74) is 1.80. The van der Waals surface area contributed by atoms with Crippen LogP contribution in [0, 0.1) is 0 Å². The minimum absolute atomic E-state index is 0.0666. The second-order valence-corrected chi connectivity index (χ2v) is 10.5. The van der Waals surface area contributed by atoms with Crippen molar-refractivity contribution < 1.29 is 9.59 Å². The molecule has 3 fully saturated rings. The molecule has 5 rings (SSSR count). The van der Waals surface area contributed by atoms with Crippen LogP contribution in [0.25, 0.3) is 0 Å². The van der Waals surface area contributed by atoms with Crippen molar-refractivity contribution in [1.29, 1.82) is 0 Å². The molecule has 1 saturated heterocycles. The van der Waals surface area contributed by atoms with Gasteiger partial charge in [-0.05, 0) is 50.2 Å². The Hall–Kier alpha value is -1.88. The van der Waals surface area contributed by atoms with E-state index in [1.807, 2.05) is 11.8 Å². The van der Waals surface area contributed by atoms with Crippen molar-refractivity contribution in [3.8, 4) is 0 Å². The minimum atomic E-state index is -0.790. The molecule has 0 bridgehead atoms. The number of fused-ring (bicyclic) bond motifs is 2. The van der Waals surface area contributed by atoms with E-state index >= 15 is 0 Å². The number of carbonyl (C=O) groups excluding carboxylic acids is 2. The zero-order chi connectivity index (χ0) is 21.4. The molecule has 2 saturated carbocycles. The Bertz CT molecular complexity index is 826. The number of carbonyl (C=O) groups is 2. The summed E-state index contributed by atoms with van der Waals surface area (Å²) in [4.78, 5) is 32.1. The molecule has 1 aromatic carbocycles. The summed E-state index contributed by atoms with van der Waals surface area (Å²) in [6.45, 7) is 3.43. The number of benzene rings is 1. The topological polar surface area (TPSA) is 52.7 Å². The molecule has 2 heterocycles. The van der Waals surface area contributed by atoms with E-state index in [1.54, 1.807) is 0 Å². The number of amides is 2. The molecule has 2 amide bonds. The molecule has 1 N–H and O–H groups in total. The molecule has 5 nitrogen and oxygen atoms in total. The zero-order valence-corrected chi connectivity index (χ0v) is 18.9. The molecular weight excluding hydrogens is 386 g/mol. The maximum absolute atomic E-state index is 13.9. The molecule has 0 aromatic heterocycles. The molecule has 2 aliphatic heterocycles. The average Bonchev–Trinajstić information content (AvgIpc) is 3.16. The molecule has 0 spiro atoms. The van der Waals surface area contributed by atoms with E-state index < -0.39 is 5.54 Å². The van der Waals surface area contributed by atoms with Crippen LogP contribution in [-0.4, -0.2) is 51.8 Å². The Labute approximate surface area is 186 Å². The highest BCUT2D eigenvalue weighted by Crippen LogP contribution is 2.38. The fourth-order valence-electron chi connectivity index (χ4n) is 6.55. The van der Waals surface area contributed by atoms with Crippen LogP contribution in [0.5, 0.6) is 0 Å². The Balaban J connectivity index is 1.44. The molecule has 2 unspecified atom stereocenters. The second-order valence-electron chi connectivity index (χ2n) is 10.5. The summed E-state index contributed by atoms with van der Waals surface area (Å²) in [5.74, 6) is 0.239. The maximum atomic E-state index is 13.9. The largest absolute Gasteiger partial charge is 0.351 e. The monoisotopic (exact) mass is 423 g/mol. The standard InChI is InChI=1S/C26H37N3O2/c1-26(25(31)27-21-12-4-2-3-5-13-21)18-28-17-20-11-7-6-10-19(20)16-23(28)24(30)29(26)22-14-8-9-15-22/h6-7,10-11,21-23H,2-5,8-9,12-18H2,1H3,(H,27,31). The Morgan fingerprint density at radius 2 is 1.61 bits per heavy atom. The summed E-state index contributed by atoms with van der Waals surface area (Å²) in [6.07, 6.45) is 12.2. The van der Waals surface area contributed by atoms with Crippen LogP contribution in [0.1, 0.15) is 82.3 Å². The highest BCUT2D eigenvalue weighted by atomic mass is 16.2. The van der Waals surface area contributed by atoms with Crippen LogP contribution >= 0.6 is 0 Å². The predicted octanol–water partition coefficient (Wildman–Crippen LogP) is 3.80. The van der Waals surface area contributed by atoms with E-state index in [1.165, 1.54) is 36.8 Å². The molecule has 2 atom stereocenters. The lowest BCUT2D eigenvalue weighted by molar-refractivity contribution is -0.166. The molecule has 2 aliphatic carbocycles. The third-order valence-corrected chi connectivity index (χ3v) is 8.28. The number of rotatable bonds is 3. The van der Waals surface area contributed by atoms with Crippen molar-refractivity contribution in [3.63, 3.8) is 0 Å². The van der Waals surface area contributed by atoms with Crippen LogP contribution in [0.15, 0.2) is 24.3 Å². The van der Waals surface area contributed by atoms with Gasteiger partial charge in [0.1, 0.15) is 5.54 Å². The van der Waals surface area contributed by atoms with Gasteiger partial charge >= 0.3 is 0 Å². The number of hydrogen-bond donors (Lipinski definition) is 1. The summed E-state index contributed by atoms with van der Waals surface area (Å²) < 4.78 is 0. The Morgan fingerprint density at radius 3 is 2.32 bits per heavy atom. The van der Waals surface area contributed by atoms with Crippen LogP contribution in [0.4, 0.5) is 0 Å². The first kappa shape index (κ1) is 21.0. The SMILES string of the molecule is CC1(C(=O)NC2CCCCCC2)CN2Cc3ccccc3CC2C(=O)N1C1CCCC1. The molecule has 168 valence electrons. The van der Waals surface area contributed by atoms with Gasteiger partial charge in [-0.2, -0.15) is 0 Å². The number of piperazine rings is 1. The van der Waals surface area contributed by atoms with E-state index in [0.717, 1.165) is 51.5 Å². The lowest BCUT2D eigenvalue weighted by Crippen LogP contribution is -2.74. The van der Waals surface area contributed by atoms with Gasteiger partial charge in [0, 0.05) is 25.2 Å². The van der Waals surface area contributed by atoms with Gasteiger partial charge in [0.25, 0.3) is 0 Å². The third kappa shape index (κ3) is 3.90. The molecule has 31 heavy (non-hydrogen) atoms. The predicted molar refractivity (Wildman–Crippen MR) is 121 cm³/mol. The quantitative estimate of drug-likeness (QED) is 0.753. The summed E-state index contributed by atoms with van der Waals surface area (Å²) in [6, 6.07) is 8.81. The van der Waals surface area contributed by atoms with Gasteiger partial charge in [-0.1, -0.05) is 62.8 Å². The lowest BCUT2D eigenvalue weighted by atomic mass is 9.84. The molecular formula is C26H37N3O2. The van der Waals surface area contributed by atoms with Crippen molar-refractivity contribution >= 4 is 11.8 Å². The van der Waals surface area contributed by atoms with Crippen molar-refractivity contribution in [2.75, 3.05) is 6.54 Å². The lowest BCUT2D eigenvalue weighted by Gasteiger charge is -2.54. The molecule has 4 aliphatic rings. The second kappa shape index (κ2) is 8.57. The van der Waals surface area contributed by atoms with E-state index in [-0.39, 0.29) is 29.9 Å². The highest BCUT2D eigenvalue weighted by Gasteiger charge is 2.54. The van der Waals surface area contributed by atoms with E-state index in [4.69, 9.17) is 0 Å². The van der Waals surface area contributed by atoms with Crippen molar-refractivity contribution in [3.05, 3.63) is 35.4 Å². The normalized spacial score (nSPS) is 30.5. The van der Waals surface area contributed by atoms with Gasteiger partial charge in [0.2, 0.25) is 11.8 Å². The van der Waals surface area contributed by atoms with Gasteiger partial charge < -0.3 is 10.2 Å².